The minimum atomic E-state index is 0.325. The molecule has 0 aliphatic carbocycles. The van der Waals surface area contributed by atoms with Gasteiger partial charge in [-0.25, -0.2) is 4.98 Å². The van der Waals surface area contributed by atoms with Gasteiger partial charge in [-0.1, -0.05) is 131 Å². The molecule has 53 heavy (non-hydrogen) atoms. The molecule has 0 bridgehead atoms. The molecule has 0 atom stereocenters. The van der Waals surface area contributed by atoms with Crippen molar-refractivity contribution in [1.29, 1.82) is 0 Å². The summed E-state index contributed by atoms with van der Waals surface area (Å²) in [6, 6.07) is 57.3. The highest BCUT2D eigenvalue weighted by molar-refractivity contribution is 6.19. The molecule has 0 spiro atoms. The Bertz CT molecular complexity index is 2930. The summed E-state index contributed by atoms with van der Waals surface area (Å²) in [6.45, 7) is 9.20. The van der Waals surface area contributed by atoms with Crippen molar-refractivity contribution in [2.75, 3.05) is 0 Å². The highest BCUT2D eigenvalue weighted by Gasteiger charge is 2.27. The summed E-state index contributed by atoms with van der Waals surface area (Å²) in [7, 11) is 0. The summed E-state index contributed by atoms with van der Waals surface area (Å²) in [5.41, 5.74) is 14.0. The Morgan fingerprint density at radius 2 is 0.962 bits per heavy atom. The summed E-state index contributed by atoms with van der Waals surface area (Å²) in [5.74, 6) is 1.59. The number of hydrogen-bond acceptors (Lipinski definition) is 1. The van der Waals surface area contributed by atoms with Gasteiger partial charge in [0.1, 0.15) is 5.82 Å². The van der Waals surface area contributed by atoms with Crippen LogP contribution in [0.5, 0.6) is 0 Å². The lowest BCUT2D eigenvalue weighted by Gasteiger charge is -2.23. The van der Waals surface area contributed by atoms with Gasteiger partial charge in [0.2, 0.25) is 0 Å². The van der Waals surface area contributed by atoms with Crippen LogP contribution in [0.2, 0.25) is 0 Å². The Morgan fingerprint density at radius 3 is 1.58 bits per heavy atom. The second kappa shape index (κ2) is 12.1. The van der Waals surface area contributed by atoms with Gasteiger partial charge in [0.25, 0.3) is 0 Å². The fourth-order valence-corrected chi connectivity index (χ4v) is 8.68. The van der Waals surface area contributed by atoms with Crippen molar-refractivity contribution < 1.29 is 0 Å². The number of imidazole rings is 1. The Labute approximate surface area is 309 Å². The van der Waals surface area contributed by atoms with E-state index < -0.39 is 0 Å². The predicted octanol–water partition coefficient (Wildman–Crippen LogP) is 13.1. The maximum Gasteiger partial charge on any atom is 0.147 e. The first-order chi connectivity index (χ1) is 26.0. The van der Waals surface area contributed by atoms with Crippen LogP contribution < -0.4 is 0 Å². The van der Waals surface area contributed by atoms with E-state index in [1.807, 2.05) is 0 Å². The average Bonchev–Trinajstić information content (AvgIpc) is 3.86. The number of nitrogens with zero attached hydrogens (tertiary/aromatic N) is 4. The van der Waals surface area contributed by atoms with Crippen molar-refractivity contribution in [3.63, 3.8) is 0 Å². The van der Waals surface area contributed by atoms with Crippen LogP contribution in [0.15, 0.2) is 158 Å². The molecular formula is C49H40N4. The number of benzene rings is 7. The van der Waals surface area contributed by atoms with Crippen LogP contribution in [0.3, 0.4) is 0 Å². The van der Waals surface area contributed by atoms with E-state index in [4.69, 9.17) is 4.98 Å². The lowest BCUT2D eigenvalue weighted by Crippen LogP contribution is -2.09. The molecule has 0 fully saturated rings. The molecule has 0 aliphatic rings. The summed E-state index contributed by atoms with van der Waals surface area (Å²) in [5, 5.41) is 4.91. The summed E-state index contributed by atoms with van der Waals surface area (Å²) < 4.78 is 7.38. The van der Waals surface area contributed by atoms with Crippen molar-refractivity contribution in [1.82, 2.24) is 18.7 Å². The second-order valence-corrected chi connectivity index (χ2v) is 14.8. The van der Waals surface area contributed by atoms with E-state index in [1.165, 1.54) is 49.4 Å². The van der Waals surface area contributed by atoms with E-state index >= 15 is 0 Å². The summed E-state index contributed by atoms with van der Waals surface area (Å²) >= 11 is 0. The summed E-state index contributed by atoms with van der Waals surface area (Å²) in [6.07, 6.45) is 0. The van der Waals surface area contributed by atoms with Gasteiger partial charge in [0.05, 0.1) is 44.5 Å². The zero-order valence-corrected chi connectivity index (χ0v) is 30.5. The largest absolute Gasteiger partial charge is 0.309 e. The smallest absolute Gasteiger partial charge is 0.147 e. The third kappa shape index (κ3) is 4.65. The first kappa shape index (κ1) is 31.4. The molecule has 4 nitrogen and oxygen atoms in total. The Morgan fingerprint density at radius 1 is 0.434 bits per heavy atom. The molecule has 0 saturated carbocycles. The van der Waals surface area contributed by atoms with Gasteiger partial charge in [-0.3, -0.25) is 4.57 Å². The molecule has 3 heterocycles. The van der Waals surface area contributed by atoms with Crippen molar-refractivity contribution in [3.05, 3.63) is 169 Å². The lowest BCUT2D eigenvalue weighted by atomic mass is 9.92. The fraction of sp³-hybridized carbons (Fsp3) is 0.122. The standard InChI is InChI=1S/C49H40N4/c1-31(2)34-22-16-23-35(32(3)4)47(34)53-44-28-15-11-24-40(44)50-49(53)39-29-30-45(52-41-25-12-8-19-36(41)37-20-9-13-26-42(37)52)46-38-21-10-14-27-43(38)51(48(39)46)33-17-6-5-7-18-33/h5-32H,1-4H3. The first-order valence-electron chi connectivity index (χ1n) is 18.7. The number of aromatic nitrogens is 4. The monoisotopic (exact) mass is 684 g/mol. The van der Waals surface area contributed by atoms with Crippen LogP contribution in [0, 0.1) is 0 Å². The Hall–Kier alpha value is -6.39. The molecule has 0 radical (unpaired) electrons. The van der Waals surface area contributed by atoms with Crippen molar-refractivity contribution in [2.24, 2.45) is 0 Å². The number of fused-ring (bicyclic) bond motifs is 7. The Kier molecular flexibility index (Phi) is 7.16. The van der Waals surface area contributed by atoms with E-state index in [0.717, 1.165) is 44.8 Å². The normalized spacial score (nSPS) is 12.1. The van der Waals surface area contributed by atoms with Gasteiger partial charge in [-0.15, -0.1) is 0 Å². The van der Waals surface area contributed by atoms with E-state index in [0.29, 0.717) is 11.8 Å². The molecule has 10 aromatic rings. The van der Waals surface area contributed by atoms with Crippen LogP contribution in [-0.2, 0) is 0 Å². The molecule has 0 amide bonds. The highest BCUT2D eigenvalue weighted by Crippen LogP contribution is 2.45. The number of para-hydroxylation sites is 7. The third-order valence-corrected chi connectivity index (χ3v) is 11.0. The van der Waals surface area contributed by atoms with Crippen LogP contribution in [0.4, 0.5) is 0 Å². The molecule has 4 heteroatoms. The topological polar surface area (TPSA) is 27.7 Å². The van der Waals surface area contributed by atoms with Crippen LogP contribution >= 0.6 is 0 Å². The second-order valence-electron chi connectivity index (χ2n) is 14.8. The molecule has 10 rings (SSSR count). The quantitative estimate of drug-likeness (QED) is 0.171. The van der Waals surface area contributed by atoms with Crippen LogP contribution in [0.1, 0.15) is 50.7 Å². The zero-order chi connectivity index (χ0) is 35.8. The van der Waals surface area contributed by atoms with Crippen molar-refractivity contribution in [2.45, 2.75) is 39.5 Å². The zero-order valence-electron chi connectivity index (χ0n) is 30.5. The Balaban J connectivity index is 1.42. The maximum atomic E-state index is 5.55. The van der Waals surface area contributed by atoms with Gasteiger partial charge in [-0.05, 0) is 77.6 Å². The molecular weight excluding hydrogens is 645 g/mol. The molecule has 3 aromatic heterocycles. The van der Waals surface area contributed by atoms with Gasteiger partial charge < -0.3 is 9.13 Å². The van der Waals surface area contributed by atoms with Crippen molar-refractivity contribution >= 4 is 54.6 Å². The van der Waals surface area contributed by atoms with E-state index in [2.05, 4.69) is 199 Å². The lowest BCUT2D eigenvalue weighted by molar-refractivity contribution is 0.811. The van der Waals surface area contributed by atoms with Gasteiger partial charge in [-0.2, -0.15) is 0 Å². The molecule has 0 unspecified atom stereocenters. The van der Waals surface area contributed by atoms with Crippen LogP contribution in [0.25, 0.3) is 83.1 Å². The molecule has 256 valence electrons. The van der Waals surface area contributed by atoms with Gasteiger partial charge in [0.15, 0.2) is 0 Å². The predicted molar refractivity (Wildman–Crippen MR) is 223 cm³/mol. The third-order valence-electron chi connectivity index (χ3n) is 11.0. The minimum absolute atomic E-state index is 0.325. The first-order valence-corrected chi connectivity index (χ1v) is 18.7. The number of rotatable bonds is 6. The highest BCUT2D eigenvalue weighted by atomic mass is 15.1. The van der Waals surface area contributed by atoms with Gasteiger partial charge in [0, 0.05) is 32.8 Å². The van der Waals surface area contributed by atoms with E-state index in [-0.39, 0.29) is 0 Å². The number of hydrogen-bond donors (Lipinski definition) is 0. The van der Waals surface area contributed by atoms with Crippen molar-refractivity contribution in [3.8, 4) is 28.5 Å². The SMILES string of the molecule is CC(C)c1cccc(C(C)C)c1-n1c(-c2ccc(-n3c4ccccc4c4ccccc43)c3c4ccccc4n(-c4ccccc4)c23)nc2ccccc21. The van der Waals surface area contributed by atoms with E-state index in [1.54, 1.807) is 0 Å². The molecule has 0 saturated heterocycles. The minimum Gasteiger partial charge on any atom is -0.309 e. The molecule has 0 N–H and O–H groups in total. The van der Waals surface area contributed by atoms with Gasteiger partial charge >= 0.3 is 0 Å². The average molecular weight is 685 g/mol. The summed E-state index contributed by atoms with van der Waals surface area (Å²) in [4.78, 5) is 5.55. The molecule has 0 aliphatic heterocycles. The maximum absolute atomic E-state index is 5.55. The molecule has 7 aromatic carbocycles. The van der Waals surface area contributed by atoms with E-state index in [9.17, 15) is 0 Å². The van der Waals surface area contributed by atoms with Crippen LogP contribution in [-0.4, -0.2) is 18.7 Å². The fourth-order valence-electron chi connectivity index (χ4n) is 8.68.